The zero-order valence-corrected chi connectivity index (χ0v) is 9.65. The van der Waals surface area contributed by atoms with Crippen molar-refractivity contribution in [2.75, 3.05) is 26.2 Å². The Labute approximate surface area is 98.3 Å². The van der Waals surface area contributed by atoms with Gasteiger partial charge >= 0.3 is 6.18 Å². The molecule has 17 heavy (non-hydrogen) atoms. The lowest BCUT2D eigenvalue weighted by molar-refractivity contribution is -0.162. The highest BCUT2D eigenvalue weighted by Crippen LogP contribution is 2.37. The molecule has 2 saturated heterocycles. The summed E-state index contributed by atoms with van der Waals surface area (Å²) in [6.45, 7) is 2.86. The van der Waals surface area contributed by atoms with Crippen LogP contribution in [0.1, 0.15) is 25.7 Å². The van der Waals surface area contributed by atoms with Gasteiger partial charge in [-0.2, -0.15) is 13.2 Å². The van der Waals surface area contributed by atoms with Gasteiger partial charge in [0.05, 0.1) is 0 Å². The zero-order valence-electron chi connectivity index (χ0n) is 9.65. The molecule has 0 radical (unpaired) electrons. The Bertz CT molecular complexity index is 288. The Hall–Kier alpha value is -0.780. The van der Waals surface area contributed by atoms with Crippen molar-refractivity contribution in [3.63, 3.8) is 0 Å². The van der Waals surface area contributed by atoms with E-state index < -0.39 is 18.5 Å². The maximum atomic E-state index is 12.1. The molecule has 0 bridgehead atoms. The first-order valence-corrected chi connectivity index (χ1v) is 5.96. The van der Waals surface area contributed by atoms with E-state index in [0.717, 1.165) is 32.4 Å². The number of alkyl halides is 3. The number of carbonyl (C=O) groups is 1. The number of halogens is 3. The first kappa shape index (κ1) is 12.7. The van der Waals surface area contributed by atoms with Gasteiger partial charge in [0.25, 0.3) is 0 Å². The van der Waals surface area contributed by atoms with Gasteiger partial charge in [-0.3, -0.25) is 4.79 Å². The topological polar surface area (TPSA) is 32.3 Å². The third-order valence-electron chi connectivity index (χ3n) is 3.86. The molecule has 2 heterocycles. The summed E-state index contributed by atoms with van der Waals surface area (Å²) >= 11 is 0. The van der Waals surface area contributed by atoms with Crippen LogP contribution in [0.4, 0.5) is 13.2 Å². The summed E-state index contributed by atoms with van der Waals surface area (Å²) in [5.74, 6) is -0.779. The number of hydrogen-bond acceptors (Lipinski definition) is 2. The van der Waals surface area contributed by atoms with Crippen LogP contribution in [-0.2, 0) is 4.79 Å². The molecule has 1 spiro atoms. The van der Waals surface area contributed by atoms with Gasteiger partial charge in [0, 0.05) is 19.6 Å². The fourth-order valence-electron chi connectivity index (χ4n) is 2.74. The van der Waals surface area contributed by atoms with E-state index in [-0.39, 0.29) is 5.41 Å². The molecule has 1 amide bonds. The molecule has 3 nitrogen and oxygen atoms in total. The quantitative estimate of drug-likeness (QED) is 0.765. The zero-order chi connectivity index (χ0) is 12.5. The summed E-state index contributed by atoms with van der Waals surface area (Å²) in [5.41, 5.74) is 0.231. The molecular weight excluding hydrogens is 233 g/mol. The van der Waals surface area contributed by atoms with Crippen LogP contribution in [-0.4, -0.2) is 43.2 Å². The molecule has 2 aliphatic rings. The van der Waals surface area contributed by atoms with Crippen LogP contribution in [0, 0.1) is 5.41 Å². The van der Waals surface area contributed by atoms with Crippen LogP contribution >= 0.6 is 0 Å². The smallest absolute Gasteiger partial charge is 0.342 e. The van der Waals surface area contributed by atoms with E-state index in [2.05, 4.69) is 5.32 Å². The average molecular weight is 250 g/mol. The van der Waals surface area contributed by atoms with Crippen molar-refractivity contribution in [3.05, 3.63) is 0 Å². The van der Waals surface area contributed by atoms with E-state index in [1.165, 1.54) is 4.90 Å². The molecule has 0 aliphatic carbocycles. The molecule has 98 valence electrons. The molecule has 0 aromatic rings. The van der Waals surface area contributed by atoms with Crippen molar-refractivity contribution < 1.29 is 18.0 Å². The fraction of sp³-hybridized carbons (Fsp3) is 0.909. The van der Waals surface area contributed by atoms with E-state index in [1.807, 2.05) is 0 Å². The highest BCUT2D eigenvalue weighted by molar-refractivity contribution is 5.76. The molecule has 0 atom stereocenters. The Kier molecular flexibility index (Phi) is 3.34. The number of nitrogens with one attached hydrogen (secondary N) is 1. The van der Waals surface area contributed by atoms with E-state index in [4.69, 9.17) is 0 Å². The van der Waals surface area contributed by atoms with Gasteiger partial charge in [-0.25, -0.2) is 0 Å². The predicted octanol–water partition coefficient (Wildman–Crippen LogP) is 1.54. The van der Waals surface area contributed by atoms with Crippen LogP contribution in [0.15, 0.2) is 0 Å². The predicted molar refractivity (Wildman–Crippen MR) is 56.4 cm³/mol. The number of rotatable bonds is 1. The third-order valence-corrected chi connectivity index (χ3v) is 3.86. The van der Waals surface area contributed by atoms with E-state index in [9.17, 15) is 18.0 Å². The van der Waals surface area contributed by atoms with Crippen LogP contribution < -0.4 is 5.32 Å². The lowest BCUT2D eigenvalue weighted by Gasteiger charge is -2.39. The number of piperidine rings is 1. The first-order valence-electron chi connectivity index (χ1n) is 5.96. The second-order valence-electron chi connectivity index (χ2n) is 5.10. The van der Waals surface area contributed by atoms with Crippen molar-refractivity contribution in [1.29, 1.82) is 0 Å². The Morgan fingerprint density at radius 1 is 1.24 bits per heavy atom. The summed E-state index contributed by atoms with van der Waals surface area (Å²) in [6.07, 6.45) is -2.99. The van der Waals surface area contributed by atoms with Gasteiger partial charge in [-0.15, -0.1) is 0 Å². The van der Waals surface area contributed by atoms with Gasteiger partial charge in [-0.05, 0) is 31.2 Å². The molecule has 2 rings (SSSR count). The first-order chi connectivity index (χ1) is 7.90. The van der Waals surface area contributed by atoms with Gasteiger partial charge < -0.3 is 10.2 Å². The maximum absolute atomic E-state index is 12.1. The molecular formula is C11H17F3N2O. The molecule has 1 N–H and O–H groups in total. The summed E-state index contributed by atoms with van der Waals surface area (Å²) in [7, 11) is 0. The lowest BCUT2D eigenvalue weighted by atomic mass is 9.78. The highest BCUT2D eigenvalue weighted by atomic mass is 19.4. The number of hydrogen-bond donors (Lipinski definition) is 1. The van der Waals surface area contributed by atoms with E-state index in [0.29, 0.717) is 13.1 Å². The van der Waals surface area contributed by atoms with Crippen LogP contribution in [0.3, 0.4) is 0 Å². The molecule has 6 heteroatoms. The van der Waals surface area contributed by atoms with Crippen LogP contribution in [0.25, 0.3) is 0 Å². The summed E-state index contributed by atoms with van der Waals surface area (Å²) in [6, 6.07) is 0. The number of nitrogens with zero attached hydrogens (tertiary/aromatic N) is 1. The van der Waals surface area contributed by atoms with E-state index >= 15 is 0 Å². The summed E-state index contributed by atoms with van der Waals surface area (Å²) in [4.78, 5) is 12.8. The molecule has 2 fully saturated rings. The fourth-order valence-corrected chi connectivity index (χ4v) is 2.74. The van der Waals surface area contributed by atoms with Crippen molar-refractivity contribution in [1.82, 2.24) is 10.2 Å². The minimum absolute atomic E-state index is 0.231. The largest absolute Gasteiger partial charge is 0.397 e. The number of carbonyl (C=O) groups excluding carboxylic acids is 1. The van der Waals surface area contributed by atoms with Gasteiger partial charge in [0.1, 0.15) is 6.42 Å². The van der Waals surface area contributed by atoms with Crippen LogP contribution in [0.2, 0.25) is 0 Å². The van der Waals surface area contributed by atoms with Crippen molar-refractivity contribution in [2.24, 2.45) is 5.41 Å². The molecule has 0 aromatic heterocycles. The molecule has 0 saturated carbocycles. The van der Waals surface area contributed by atoms with Gasteiger partial charge in [0.15, 0.2) is 0 Å². The standard InChI is InChI=1S/C11H17F3N2O/c12-11(13,14)7-9(17)16-5-2-10(3-6-16)1-4-15-8-10/h15H,1-8H2. The number of likely N-dealkylation sites (tertiary alicyclic amines) is 1. The highest BCUT2D eigenvalue weighted by Gasteiger charge is 2.40. The summed E-state index contributed by atoms with van der Waals surface area (Å²) in [5, 5.41) is 3.28. The second kappa shape index (κ2) is 4.48. The second-order valence-corrected chi connectivity index (χ2v) is 5.10. The van der Waals surface area contributed by atoms with Gasteiger partial charge in [-0.1, -0.05) is 0 Å². The van der Waals surface area contributed by atoms with Crippen molar-refractivity contribution in [2.45, 2.75) is 31.9 Å². The number of amides is 1. The monoisotopic (exact) mass is 250 g/mol. The lowest BCUT2D eigenvalue weighted by Crippen LogP contribution is -2.45. The third kappa shape index (κ3) is 3.12. The molecule has 2 aliphatic heterocycles. The van der Waals surface area contributed by atoms with E-state index in [1.54, 1.807) is 0 Å². The minimum atomic E-state index is -4.39. The summed E-state index contributed by atoms with van der Waals surface area (Å²) < 4.78 is 36.3. The Morgan fingerprint density at radius 2 is 1.88 bits per heavy atom. The molecule has 0 unspecified atom stereocenters. The normalized spacial score (nSPS) is 24.3. The average Bonchev–Trinajstić information content (AvgIpc) is 2.65. The van der Waals surface area contributed by atoms with Crippen molar-refractivity contribution >= 4 is 5.91 Å². The maximum Gasteiger partial charge on any atom is 0.397 e. The van der Waals surface area contributed by atoms with Crippen molar-refractivity contribution in [3.8, 4) is 0 Å². The Morgan fingerprint density at radius 3 is 2.35 bits per heavy atom. The SMILES string of the molecule is O=C(CC(F)(F)F)N1CCC2(CCNC2)CC1. The molecule has 0 aromatic carbocycles. The van der Waals surface area contributed by atoms with Gasteiger partial charge in [0.2, 0.25) is 5.91 Å². The minimum Gasteiger partial charge on any atom is -0.342 e. The van der Waals surface area contributed by atoms with Crippen LogP contribution in [0.5, 0.6) is 0 Å². The Balaban J connectivity index is 1.84.